The fourth-order valence-corrected chi connectivity index (χ4v) is 1.37. The number of carbonyl (C=O) groups is 2. The van der Waals surface area contributed by atoms with Gasteiger partial charge in [0.15, 0.2) is 0 Å². The third kappa shape index (κ3) is 3.97. The van der Waals surface area contributed by atoms with Crippen LogP contribution < -0.4 is 15.8 Å². The van der Waals surface area contributed by atoms with Gasteiger partial charge in [0.25, 0.3) is 0 Å². The number of nitrogen functional groups attached to an aromatic ring is 1. The number of carboxylic acids is 1. The van der Waals surface area contributed by atoms with Gasteiger partial charge >= 0.3 is 5.97 Å². The second-order valence-electron chi connectivity index (χ2n) is 3.69. The van der Waals surface area contributed by atoms with Crippen molar-refractivity contribution in [2.24, 2.45) is 0 Å². The molecule has 0 saturated carbocycles. The molecule has 0 spiro atoms. The Labute approximate surface area is 105 Å². The van der Waals surface area contributed by atoms with Gasteiger partial charge in [0.05, 0.1) is 6.61 Å². The zero-order valence-corrected chi connectivity index (χ0v) is 10.1. The standard InChI is InChI=1S/C12H16N2O4/c1-14-11(15)3-2-6-18-10-7-8(13)4-5-9(10)12(16)17/h4-5,7H,2-3,6,13H2,1H3,(H,14,15)(H,16,17). The maximum absolute atomic E-state index is 11.0. The van der Waals surface area contributed by atoms with Crippen molar-refractivity contribution in [2.45, 2.75) is 12.8 Å². The molecule has 0 aliphatic rings. The van der Waals surface area contributed by atoms with Crippen molar-refractivity contribution in [3.05, 3.63) is 23.8 Å². The molecule has 0 bridgehead atoms. The lowest BCUT2D eigenvalue weighted by atomic mass is 10.2. The monoisotopic (exact) mass is 252 g/mol. The predicted octanol–water partition coefficient (Wildman–Crippen LogP) is 0.872. The molecule has 6 heteroatoms. The number of aromatic carboxylic acids is 1. The number of benzene rings is 1. The molecule has 6 nitrogen and oxygen atoms in total. The molecular formula is C12H16N2O4. The lowest BCUT2D eigenvalue weighted by molar-refractivity contribution is -0.120. The molecule has 1 aromatic rings. The smallest absolute Gasteiger partial charge is 0.339 e. The summed E-state index contributed by atoms with van der Waals surface area (Å²) >= 11 is 0. The van der Waals surface area contributed by atoms with E-state index in [0.29, 0.717) is 18.5 Å². The first-order chi connectivity index (χ1) is 8.54. The van der Waals surface area contributed by atoms with Crippen LogP contribution in [0.1, 0.15) is 23.2 Å². The summed E-state index contributed by atoms with van der Waals surface area (Å²) in [4.78, 5) is 21.9. The van der Waals surface area contributed by atoms with Crippen LogP contribution in [0, 0.1) is 0 Å². The lowest BCUT2D eigenvalue weighted by Crippen LogP contribution is -2.18. The summed E-state index contributed by atoms with van der Waals surface area (Å²) in [5.74, 6) is -0.930. The summed E-state index contributed by atoms with van der Waals surface area (Å²) in [7, 11) is 1.56. The number of rotatable bonds is 6. The molecule has 1 aromatic carbocycles. The van der Waals surface area contributed by atoms with Crippen LogP contribution in [0.2, 0.25) is 0 Å². The highest BCUT2D eigenvalue weighted by Crippen LogP contribution is 2.22. The van der Waals surface area contributed by atoms with E-state index >= 15 is 0 Å². The summed E-state index contributed by atoms with van der Waals surface area (Å²) in [6, 6.07) is 4.36. The third-order valence-electron chi connectivity index (χ3n) is 2.32. The predicted molar refractivity (Wildman–Crippen MR) is 66.6 cm³/mol. The molecule has 0 radical (unpaired) electrons. The van der Waals surface area contributed by atoms with E-state index in [2.05, 4.69) is 5.32 Å². The molecule has 1 rings (SSSR count). The van der Waals surface area contributed by atoms with E-state index in [9.17, 15) is 9.59 Å². The van der Waals surface area contributed by atoms with Crippen molar-refractivity contribution in [1.29, 1.82) is 0 Å². The topological polar surface area (TPSA) is 102 Å². The molecule has 18 heavy (non-hydrogen) atoms. The number of hydrogen-bond donors (Lipinski definition) is 3. The van der Waals surface area contributed by atoms with Crippen LogP contribution in [0.5, 0.6) is 5.75 Å². The highest BCUT2D eigenvalue weighted by atomic mass is 16.5. The normalized spacial score (nSPS) is 9.83. The van der Waals surface area contributed by atoms with Crippen LogP contribution in [0.15, 0.2) is 18.2 Å². The molecule has 98 valence electrons. The number of anilines is 1. The van der Waals surface area contributed by atoms with E-state index in [1.165, 1.54) is 18.2 Å². The van der Waals surface area contributed by atoms with Gasteiger partial charge in [-0.05, 0) is 18.6 Å². The Morgan fingerprint density at radius 1 is 1.44 bits per heavy atom. The number of hydrogen-bond acceptors (Lipinski definition) is 4. The molecule has 0 saturated heterocycles. The van der Waals surface area contributed by atoms with Crippen molar-refractivity contribution in [3.63, 3.8) is 0 Å². The van der Waals surface area contributed by atoms with Gasteiger partial charge < -0.3 is 20.9 Å². The first kappa shape index (κ1) is 13.8. The van der Waals surface area contributed by atoms with Gasteiger partial charge in [0, 0.05) is 25.2 Å². The van der Waals surface area contributed by atoms with Crippen molar-refractivity contribution in [2.75, 3.05) is 19.4 Å². The Hall–Kier alpha value is -2.24. The number of nitrogens with one attached hydrogen (secondary N) is 1. The quantitative estimate of drug-likeness (QED) is 0.515. The van der Waals surface area contributed by atoms with Crippen molar-refractivity contribution in [1.82, 2.24) is 5.32 Å². The Morgan fingerprint density at radius 3 is 2.78 bits per heavy atom. The van der Waals surface area contributed by atoms with Crippen molar-refractivity contribution >= 4 is 17.6 Å². The Bertz CT molecular complexity index is 446. The van der Waals surface area contributed by atoms with E-state index in [1.807, 2.05) is 0 Å². The fraction of sp³-hybridized carbons (Fsp3) is 0.333. The van der Waals surface area contributed by atoms with Gasteiger partial charge in [0.1, 0.15) is 11.3 Å². The highest BCUT2D eigenvalue weighted by Gasteiger charge is 2.11. The van der Waals surface area contributed by atoms with Crippen LogP contribution in [-0.2, 0) is 4.79 Å². The molecule has 1 amide bonds. The molecule has 0 aliphatic heterocycles. The van der Waals surface area contributed by atoms with Crippen LogP contribution in [0.25, 0.3) is 0 Å². The van der Waals surface area contributed by atoms with E-state index in [0.717, 1.165) is 0 Å². The Kier molecular flexibility index (Phi) is 4.98. The molecule has 0 aliphatic carbocycles. The first-order valence-electron chi connectivity index (χ1n) is 5.50. The molecule has 0 fully saturated rings. The fourth-order valence-electron chi connectivity index (χ4n) is 1.37. The SMILES string of the molecule is CNC(=O)CCCOc1cc(N)ccc1C(=O)O. The summed E-state index contributed by atoms with van der Waals surface area (Å²) in [6.07, 6.45) is 0.842. The van der Waals surface area contributed by atoms with Gasteiger partial charge in [-0.1, -0.05) is 0 Å². The summed E-state index contributed by atoms with van der Waals surface area (Å²) in [6.45, 7) is 0.261. The van der Waals surface area contributed by atoms with Crippen molar-refractivity contribution < 1.29 is 19.4 Å². The number of carboxylic acid groups (broad SMARTS) is 1. The summed E-state index contributed by atoms with van der Waals surface area (Å²) in [5.41, 5.74) is 6.06. The molecule has 4 N–H and O–H groups in total. The second kappa shape index (κ2) is 6.48. The average Bonchev–Trinajstić information content (AvgIpc) is 2.34. The average molecular weight is 252 g/mol. The van der Waals surface area contributed by atoms with E-state index in [4.69, 9.17) is 15.6 Å². The molecule has 0 aromatic heterocycles. The largest absolute Gasteiger partial charge is 0.493 e. The third-order valence-corrected chi connectivity index (χ3v) is 2.32. The molecule has 0 atom stereocenters. The van der Waals surface area contributed by atoms with E-state index in [1.54, 1.807) is 7.05 Å². The minimum Gasteiger partial charge on any atom is -0.493 e. The van der Waals surface area contributed by atoms with Gasteiger partial charge in [-0.15, -0.1) is 0 Å². The van der Waals surface area contributed by atoms with Gasteiger partial charge in [-0.3, -0.25) is 4.79 Å². The Morgan fingerprint density at radius 2 is 2.17 bits per heavy atom. The minimum atomic E-state index is -1.07. The maximum atomic E-state index is 11.0. The number of amides is 1. The molecular weight excluding hydrogens is 236 g/mol. The zero-order chi connectivity index (χ0) is 13.5. The minimum absolute atomic E-state index is 0.0594. The Balaban J connectivity index is 2.58. The van der Waals surface area contributed by atoms with E-state index < -0.39 is 5.97 Å². The zero-order valence-electron chi connectivity index (χ0n) is 10.1. The van der Waals surface area contributed by atoms with Gasteiger partial charge in [0.2, 0.25) is 5.91 Å². The van der Waals surface area contributed by atoms with E-state index in [-0.39, 0.29) is 23.8 Å². The van der Waals surface area contributed by atoms with Crippen LogP contribution in [0.3, 0.4) is 0 Å². The van der Waals surface area contributed by atoms with Crippen LogP contribution >= 0.6 is 0 Å². The number of nitrogens with two attached hydrogens (primary N) is 1. The van der Waals surface area contributed by atoms with Crippen molar-refractivity contribution in [3.8, 4) is 5.75 Å². The maximum Gasteiger partial charge on any atom is 0.339 e. The van der Waals surface area contributed by atoms with Gasteiger partial charge in [-0.2, -0.15) is 0 Å². The van der Waals surface area contributed by atoms with Gasteiger partial charge in [-0.25, -0.2) is 4.79 Å². The first-order valence-corrected chi connectivity index (χ1v) is 5.50. The van der Waals surface area contributed by atoms with Crippen LogP contribution in [0.4, 0.5) is 5.69 Å². The summed E-state index contributed by atoms with van der Waals surface area (Å²) < 4.78 is 5.33. The number of carbonyl (C=O) groups excluding carboxylic acids is 1. The molecule has 0 heterocycles. The van der Waals surface area contributed by atoms with Crippen LogP contribution in [-0.4, -0.2) is 30.6 Å². The summed E-state index contributed by atoms with van der Waals surface area (Å²) in [5, 5.41) is 11.4. The number of ether oxygens (including phenoxy) is 1. The molecule has 0 unspecified atom stereocenters. The highest BCUT2D eigenvalue weighted by molar-refractivity contribution is 5.91. The lowest BCUT2D eigenvalue weighted by Gasteiger charge is -2.09. The second-order valence-corrected chi connectivity index (χ2v) is 3.69.